The van der Waals surface area contributed by atoms with Crippen LogP contribution in [0.1, 0.15) is 24.5 Å². The lowest BCUT2D eigenvalue weighted by Crippen LogP contribution is -2.37. The van der Waals surface area contributed by atoms with Crippen LogP contribution in [0.3, 0.4) is 0 Å². The minimum Gasteiger partial charge on any atom is -0.399 e. The van der Waals surface area contributed by atoms with Gasteiger partial charge in [-0.15, -0.1) is 0 Å². The van der Waals surface area contributed by atoms with Crippen molar-refractivity contribution in [2.24, 2.45) is 0 Å². The number of nitrogens with two attached hydrogens (primary N) is 1. The third kappa shape index (κ3) is 3.54. The quantitative estimate of drug-likeness (QED) is 0.678. The highest BCUT2D eigenvalue weighted by molar-refractivity contribution is 5.88. The molecule has 4 heterocycles. The number of benzene rings is 1. The number of fused-ring (bicyclic) bond motifs is 1. The molecule has 2 saturated heterocycles. The maximum atomic E-state index is 5.87. The van der Waals surface area contributed by atoms with Gasteiger partial charge in [-0.3, -0.25) is 0 Å². The van der Waals surface area contributed by atoms with E-state index in [-0.39, 0.29) is 0 Å². The first-order valence-electron chi connectivity index (χ1n) is 10.2. The fourth-order valence-corrected chi connectivity index (χ4v) is 4.14. The number of hydrogen-bond donors (Lipinski definition) is 1. The lowest BCUT2D eigenvalue weighted by molar-refractivity contribution is 0.122. The van der Waals surface area contributed by atoms with Gasteiger partial charge in [0.25, 0.3) is 0 Å². The molecule has 8 heteroatoms. The Morgan fingerprint density at radius 2 is 1.72 bits per heavy atom. The van der Waals surface area contributed by atoms with E-state index >= 15 is 0 Å². The topological polar surface area (TPSA) is 93.5 Å². The van der Waals surface area contributed by atoms with Crippen molar-refractivity contribution in [1.29, 1.82) is 0 Å². The highest BCUT2D eigenvalue weighted by atomic mass is 16.5. The summed E-state index contributed by atoms with van der Waals surface area (Å²) in [6, 6.07) is 7.68. The number of nitrogen functional groups attached to an aromatic ring is 1. The molecule has 0 bridgehead atoms. The standard InChI is InChI=1S/C21H26N6O2/c1-26-8-6-14(7-9-26)17-18-19(29-25-17)21(27-10-12-28-13-11-27)24-20(23-18)15-2-4-16(22)5-3-15/h2-5,14H,6-13,22H2,1H3. The third-order valence-electron chi connectivity index (χ3n) is 5.91. The van der Waals surface area contributed by atoms with E-state index in [0.717, 1.165) is 67.3 Å². The van der Waals surface area contributed by atoms with Crippen LogP contribution in [0.2, 0.25) is 0 Å². The van der Waals surface area contributed by atoms with Crippen LogP contribution in [0.5, 0.6) is 0 Å². The van der Waals surface area contributed by atoms with E-state index < -0.39 is 0 Å². The first-order chi connectivity index (χ1) is 14.2. The van der Waals surface area contributed by atoms with E-state index in [1.807, 2.05) is 24.3 Å². The minimum atomic E-state index is 0.360. The molecule has 152 valence electrons. The lowest BCUT2D eigenvalue weighted by atomic mass is 9.93. The molecule has 0 atom stereocenters. The van der Waals surface area contributed by atoms with Crippen LogP contribution >= 0.6 is 0 Å². The SMILES string of the molecule is CN1CCC(c2noc3c(N4CCOCC4)nc(-c4ccc(N)cc4)nc23)CC1. The lowest BCUT2D eigenvalue weighted by Gasteiger charge is -2.28. The molecule has 0 radical (unpaired) electrons. The highest BCUT2D eigenvalue weighted by Gasteiger charge is 2.28. The molecule has 2 aliphatic heterocycles. The van der Waals surface area contributed by atoms with Gasteiger partial charge in [-0.1, -0.05) is 5.16 Å². The van der Waals surface area contributed by atoms with Gasteiger partial charge in [-0.2, -0.15) is 0 Å². The minimum absolute atomic E-state index is 0.360. The van der Waals surface area contributed by atoms with Crippen molar-refractivity contribution >= 4 is 22.6 Å². The molecule has 2 fully saturated rings. The Morgan fingerprint density at radius 3 is 2.45 bits per heavy atom. The van der Waals surface area contributed by atoms with Gasteiger partial charge in [0.05, 0.1) is 13.2 Å². The van der Waals surface area contributed by atoms with Crippen molar-refractivity contribution in [1.82, 2.24) is 20.0 Å². The van der Waals surface area contributed by atoms with Crippen molar-refractivity contribution in [2.75, 3.05) is 57.1 Å². The number of ether oxygens (including phenoxy) is 1. The number of nitrogens with zero attached hydrogens (tertiary/aromatic N) is 5. The van der Waals surface area contributed by atoms with Gasteiger partial charge in [-0.25, -0.2) is 9.97 Å². The summed E-state index contributed by atoms with van der Waals surface area (Å²) in [6.07, 6.45) is 2.12. The molecular weight excluding hydrogens is 368 g/mol. The Morgan fingerprint density at radius 1 is 1.00 bits per heavy atom. The monoisotopic (exact) mass is 394 g/mol. The zero-order valence-electron chi connectivity index (χ0n) is 16.7. The number of anilines is 2. The van der Waals surface area contributed by atoms with E-state index in [0.29, 0.717) is 30.5 Å². The van der Waals surface area contributed by atoms with Crippen molar-refractivity contribution in [3.63, 3.8) is 0 Å². The molecule has 2 N–H and O–H groups in total. The number of hydrogen-bond acceptors (Lipinski definition) is 8. The number of piperidine rings is 1. The maximum Gasteiger partial charge on any atom is 0.227 e. The van der Waals surface area contributed by atoms with E-state index in [9.17, 15) is 0 Å². The fraction of sp³-hybridized carbons (Fsp3) is 0.476. The van der Waals surface area contributed by atoms with Crippen molar-refractivity contribution < 1.29 is 9.26 Å². The third-order valence-corrected chi connectivity index (χ3v) is 5.91. The predicted molar refractivity (Wildman–Crippen MR) is 112 cm³/mol. The molecular formula is C21H26N6O2. The zero-order chi connectivity index (χ0) is 19.8. The van der Waals surface area contributed by atoms with Gasteiger partial charge < -0.3 is 24.8 Å². The van der Waals surface area contributed by atoms with Crippen molar-refractivity contribution in [3.8, 4) is 11.4 Å². The summed E-state index contributed by atoms with van der Waals surface area (Å²) in [5.41, 5.74) is 10.0. The molecule has 2 aromatic heterocycles. The molecule has 0 aliphatic carbocycles. The van der Waals surface area contributed by atoms with Crippen LogP contribution < -0.4 is 10.6 Å². The van der Waals surface area contributed by atoms with Crippen LogP contribution in [-0.2, 0) is 4.74 Å². The molecule has 0 unspecified atom stereocenters. The summed E-state index contributed by atoms with van der Waals surface area (Å²) in [5, 5.41) is 4.47. The summed E-state index contributed by atoms with van der Waals surface area (Å²) in [6.45, 7) is 5.03. The Balaban J connectivity index is 1.62. The highest BCUT2D eigenvalue weighted by Crippen LogP contribution is 2.36. The first kappa shape index (κ1) is 18.3. The van der Waals surface area contributed by atoms with Crippen LogP contribution in [0.4, 0.5) is 11.5 Å². The fourth-order valence-electron chi connectivity index (χ4n) is 4.14. The smallest absolute Gasteiger partial charge is 0.227 e. The zero-order valence-corrected chi connectivity index (χ0v) is 16.7. The van der Waals surface area contributed by atoms with E-state index in [2.05, 4.69) is 22.0 Å². The van der Waals surface area contributed by atoms with E-state index in [4.69, 9.17) is 25.0 Å². The second-order valence-electron chi connectivity index (χ2n) is 7.92. The van der Waals surface area contributed by atoms with E-state index in [1.54, 1.807) is 0 Å². The molecule has 2 aliphatic rings. The molecule has 0 amide bonds. The summed E-state index contributed by atoms with van der Waals surface area (Å²) in [7, 11) is 2.16. The molecule has 8 nitrogen and oxygen atoms in total. The molecule has 0 spiro atoms. The summed E-state index contributed by atoms with van der Waals surface area (Å²) in [4.78, 5) is 14.3. The number of morpholine rings is 1. The molecule has 29 heavy (non-hydrogen) atoms. The van der Waals surface area contributed by atoms with Crippen molar-refractivity contribution in [2.45, 2.75) is 18.8 Å². The second kappa shape index (κ2) is 7.61. The second-order valence-corrected chi connectivity index (χ2v) is 7.92. The number of rotatable bonds is 3. The summed E-state index contributed by atoms with van der Waals surface area (Å²) in [5.74, 6) is 1.84. The normalized spacial score (nSPS) is 19.1. The molecule has 0 saturated carbocycles. The largest absolute Gasteiger partial charge is 0.399 e. The summed E-state index contributed by atoms with van der Waals surface area (Å²) < 4.78 is 11.4. The van der Waals surface area contributed by atoms with Gasteiger partial charge in [0.15, 0.2) is 11.6 Å². The van der Waals surface area contributed by atoms with Gasteiger partial charge in [-0.05, 0) is 57.2 Å². The van der Waals surface area contributed by atoms with E-state index in [1.165, 1.54) is 0 Å². The predicted octanol–water partition coefficient (Wildman–Crippen LogP) is 2.51. The summed E-state index contributed by atoms with van der Waals surface area (Å²) >= 11 is 0. The average Bonchev–Trinajstić information content (AvgIpc) is 3.19. The molecule has 1 aromatic carbocycles. The number of likely N-dealkylation sites (tertiary alicyclic amines) is 1. The van der Waals surface area contributed by atoms with Gasteiger partial charge in [0, 0.05) is 30.3 Å². The van der Waals surface area contributed by atoms with Crippen molar-refractivity contribution in [3.05, 3.63) is 30.0 Å². The van der Waals surface area contributed by atoms with Crippen LogP contribution in [0.25, 0.3) is 22.5 Å². The maximum absolute atomic E-state index is 5.87. The molecule has 3 aromatic rings. The van der Waals surface area contributed by atoms with Crippen LogP contribution in [0.15, 0.2) is 28.8 Å². The Bertz CT molecular complexity index is 988. The van der Waals surface area contributed by atoms with Gasteiger partial charge in [0.1, 0.15) is 11.2 Å². The van der Waals surface area contributed by atoms with Gasteiger partial charge in [0.2, 0.25) is 5.58 Å². The Kier molecular flexibility index (Phi) is 4.81. The van der Waals surface area contributed by atoms with Gasteiger partial charge >= 0.3 is 0 Å². The first-order valence-corrected chi connectivity index (χ1v) is 10.2. The molecule has 5 rings (SSSR count). The average molecular weight is 394 g/mol. The van der Waals surface area contributed by atoms with Crippen LogP contribution in [0, 0.1) is 0 Å². The Hall–Kier alpha value is -2.71. The van der Waals surface area contributed by atoms with Crippen LogP contribution in [-0.4, -0.2) is 66.5 Å². The number of aromatic nitrogens is 3. The Labute approximate surface area is 169 Å².